The molecule has 2 heterocycles. The fourth-order valence-electron chi connectivity index (χ4n) is 2.78. The first-order valence-corrected chi connectivity index (χ1v) is 7.00. The Morgan fingerprint density at radius 2 is 1.70 bits per heavy atom. The highest BCUT2D eigenvalue weighted by atomic mass is 14.9. The highest BCUT2D eigenvalue weighted by molar-refractivity contribution is 6.06. The van der Waals surface area contributed by atoms with Crippen molar-refractivity contribution >= 4 is 16.7 Å². The number of nitrogens with one attached hydrogen (secondary N) is 1. The van der Waals surface area contributed by atoms with E-state index in [-0.39, 0.29) is 0 Å². The molecule has 1 aliphatic heterocycles. The highest BCUT2D eigenvalue weighted by Crippen LogP contribution is 2.26. The van der Waals surface area contributed by atoms with Crippen LogP contribution in [-0.4, -0.2) is 22.2 Å². The van der Waals surface area contributed by atoms with Crippen molar-refractivity contribution in [3.63, 3.8) is 0 Å². The standard InChI is InChI=1S/C17H15N3/c1-2-7-13(12(6-1)14-10-5-11-18-14)17-19-15-8-3-4-9-16(15)20-17/h1-4,6-9H,5,10-11H2,(H,19,20). The lowest BCUT2D eigenvalue weighted by atomic mass is 10.0. The van der Waals surface area contributed by atoms with Gasteiger partial charge < -0.3 is 4.98 Å². The molecule has 4 rings (SSSR count). The lowest BCUT2D eigenvalue weighted by Crippen LogP contribution is -1.99. The summed E-state index contributed by atoms with van der Waals surface area (Å²) in [6.45, 7) is 0.948. The second kappa shape index (κ2) is 4.60. The zero-order chi connectivity index (χ0) is 13.4. The number of nitrogens with zero attached hydrogens (tertiary/aromatic N) is 2. The van der Waals surface area contributed by atoms with Crippen molar-refractivity contribution in [1.29, 1.82) is 0 Å². The number of benzene rings is 2. The molecule has 3 nitrogen and oxygen atoms in total. The Kier molecular flexibility index (Phi) is 2.62. The smallest absolute Gasteiger partial charge is 0.139 e. The van der Waals surface area contributed by atoms with Gasteiger partial charge in [-0.2, -0.15) is 0 Å². The molecule has 98 valence electrons. The number of H-pyrrole nitrogens is 1. The molecule has 0 fully saturated rings. The lowest BCUT2D eigenvalue weighted by molar-refractivity contribution is 0.951. The fourth-order valence-corrected chi connectivity index (χ4v) is 2.78. The quantitative estimate of drug-likeness (QED) is 0.748. The summed E-state index contributed by atoms with van der Waals surface area (Å²) in [4.78, 5) is 12.7. The van der Waals surface area contributed by atoms with E-state index in [9.17, 15) is 0 Å². The van der Waals surface area contributed by atoms with Gasteiger partial charge in [0.25, 0.3) is 0 Å². The fraction of sp³-hybridized carbons (Fsp3) is 0.176. The van der Waals surface area contributed by atoms with Crippen LogP contribution in [0.2, 0.25) is 0 Å². The Morgan fingerprint density at radius 3 is 2.50 bits per heavy atom. The van der Waals surface area contributed by atoms with Gasteiger partial charge in [-0.3, -0.25) is 4.99 Å². The third-order valence-corrected chi connectivity index (χ3v) is 3.76. The van der Waals surface area contributed by atoms with Crippen molar-refractivity contribution in [1.82, 2.24) is 9.97 Å². The number of imidazole rings is 1. The van der Waals surface area contributed by atoms with E-state index in [0.717, 1.165) is 41.8 Å². The summed E-state index contributed by atoms with van der Waals surface area (Å²) in [5.74, 6) is 0.927. The molecule has 0 amide bonds. The van der Waals surface area contributed by atoms with Gasteiger partial charge in [-0.05, 0) is 25.0 Å². The van der Waals surface area contributed by atoms with Gasteiger partial charge in [0.2, 0.25) is 0 Å². The summed E-state index contributed by atoms with van der Waals surface area (Å²) in [7, 11) is 0. The van der Waals surface area contributed by atoms with Gasteiger partial charge in [-0.15, -0.1) is 0 Å². The van der Waals surface area contributed by atoms with Crippen LogP contribution in [0.25, 0.3) is 22.4 Å². The van der Waals surface area contributed by atoms with Crippen LogP contribution in [0.5, 0.6) is 0 Å². The second-order valence-electron chi connectivity index (χ2n) is 5.08. The van der Waals surface area contributed by atoms with E-state index in [1.165, 1.54) is 11.3 Å². The monoisotopic (exact) mass is 261 g/mol. The first kappa shape index (κ1) is 11.4. The zero-order valence-corrected chi connectivity index (χ0v) is 11.1. The van der Waals surface area contributed by atoms with Gasteiger partial charge in [-0.1, -0.05) is 36.4 Å². The molecule has 1 aromatic heterocycles. The number of rotatable bonds is 2. The SMILES string of the molecule is c1ccc(-c2nc3ccccc3[nH]2)c(C2=NCCC2)c1. The van der Waals surface area contributed by atoms with Crippen LogP contribution in [0, 0.1) is 0 Å². The predicted molar refractivity (Wildman–Crippen MR) is 82.2 cm³/mol. The summed E-state index contributed by atoms with van der Waals surface area (Å²) in [6, 6.07) is 16.5. The predicted octanol–water partition coefficient (Wildman–Crippen LogP) is 3.81. The van der Waals surface area contributed by atoms with Crippen molar-refractivity contribution in [3.05, 3.63) is 54.1 Å². The number of fused-ring (bicyclic) bond motifs is 1. The molecule has 20 heavy (non-hydrogen) atoms. The van der Waals surface area contributed by atoms with Crippen LogP contribution in [0.1, 0.15) is 18.4 Å². The minimum Gasteiger partial charge on any atom is -0.338 e. The lowest BCUT2D eigenvalue weighted by Gasteiger charge is -2.06. The molecule has 0 unspecified atom stereocenters. The van der Waals surface area contributed by atoms with Crippen LogP contribution in [0.4, 0.5) is 0 Å². The highest BCUT2D eigenvalue weighted by Gasteiger charge is 2.15. The minimum atomic E-state index is 0.927. The Bertz CT molecular complexity index is 766. The molecule has 2 aromatic carbocycles. The third-order valence-electron chi connectivity index (χ3n) is 3.76. The average molecular weight is 261 g/mol. The Balaban J connectivity index is 1.89. The summed E-state index contributed by atoms with van der Waals surface area (Å²) >= 11 is 0. The van der Waals surface area contributed by atoms with Gasteiger partial charge in [0, 0.05) is 23.4 Å². The number of hydrogen-bond donors (Lipinski definition) is 1. The first-order chi connectivity index (χ1) is 9.92. The van der Waals surface area contributed by atoms with Gasteiger partial charge in [-0.25, -0.2) is 4.98 Å². The van der Waals surface area contributed by atoms with E-state index in [1.807, 2.05) is 18.2 Å². The van der Waals surface area contributed by atoms with Gasteiger partial charge >= 0.3 is 0 Å². The summed E-state index contributed by atoms with van der Waals surface area (Å²) in [6.07, 6.45) is 2.22. The Morgan fingerprint density at radius 1 is 0.900 bits per heavy atom. The maximum absolute atomic E-state index is 4.70. The van der Waals surface area contributed by atoms with Crippen molar-refractivity contribution in [2.75, 3.05) is 6.54 Å². The van der Waals surface area contributed by atoms with Crippen molar-refractivity contribution in [2.24, 2.45) is 4.99 Å². The Labute approximate surface area is 117 Å². The van der Waals surface area contributed by atoms with Crippen LogP contribution in [0.15, 0.2) is 53.5 Å². The van der Waals surface area contributed by atoms with Crippen LogP contribution in [-0.2, 0) is 0 Å². The molecule has 0 aliphatic carbocycles. The summed E-state index contributed by atoms with van der Waals surface area (Å²) < 4.78 is 0. The van der Waals surface area contributed by atoms with E-state index >= 15 is 0 Å². The molecule has 1 aliphatic rings. The number of para-hydroxylation sites is 2. The number of aromatic nitrogens is 2. The second-order valence-corrected chi connectivity index (χ2v) is 5.08. The van der Waals surface area contributed by atoms with E-state index in [1.54, 1.807) is 0 Å². The number of aliphatic imine (C=N–C) groups is 1. The van der Waals surface area contributed by atoms with E-state index in [0.29, 0.717) is 0 Å². The minimum absolute atomic E-state index is 0.927. The zero-order valence-electron chi connectivity index (χ0n) is 11.1. The van der Waals surface area contributed by atoms with Gasteiger partial charge in [0.15, 0.2) is 0 Å². The molecule has 0 radical (unpaired) electrons. The molecule has 0 saturated heterocycles. The number of aromatic amines is 1. The van der Waals surface area contributed by atoms with Crippen LogP contribution < -0.4 is 0 Å². The van der Waals surface area contributed by atoms with Crippen molar-refractivity contribution in [2.45, 2.75) is 12.8 Å². The molecular formula is C17H15N3. The first-order valence-electron chi connectivity index (χ1n) is 7.00. The van der Waals surface area contributed by atoms with Crippen molar-refractivity contribution in [3.8, 4) is 11.4 Å². The molecular weight excluding hydrogens is 246 g/mol. The molecule has 3 aromatic rings. The molecule has 0 bridgehead atoms. The number of hydrogen-bond acceptors (Lipinski definition) is 2. The van der Waals surface area contributed by atoms with E-state index in [4.69, 9.17) is 4.98 Å². The third kappa shape index (κ3) is 1.83. The van der Waals surface area contributed by atoms with Crippen LogP contribution >= 0.6 is 0 Å². The molecule has 0 saturated carbocycles. The van der Waals surface area contributed by atoms with Crippen molar-refractivity contribution < 1.29 is 0 Å². The molecule has 1 N–H and O–H groups in total. The van der Waals surface area contributed by atoms with Crippen LogP contribution in [0.3, 0.4) is 0 Å². The largest absolute Gasteiger partial charge is 0.338 e. The van der Waals surface area contributed by atoms with E-state index in [2.05, 4.69) is 40.3 Å². The van der Waals surface area contributed by atoms with Gasteiger partial charge in [0.05, 0.1) is 11.0 Å². The van der Waals surface area contributed by atoms with E-state index < -0.39 is 0 Å². The normalized spacial score (nSPS) is 14.7. The van der Waals surface area contributed by atoms with Gasteiger partial charge in [0.1, 0.15) is 5.82 Å². The Hall–Kier alpha value is -2.42. The molecule has 0 spiro atoms. The summed E-state index contributed by atoms with van der Waals surface area (Å²) in [5.41, 5.74) is 5.64. The topological polar surface area (TPSA) is 41.0 Å². The molecule has 0 atom stereocenters. The summed E-state index contributed by atoms with van der Waals surface area (Å²) in [5, 5.41) is 0. The molecule has 3 heteroatoms. The maximum atomic E-state index is 4.70. The average Bonchev–Trinajstić information content (AvgIpc) is 3.16. The maximum Gasteiger partial charge on any atom is 0.139 e.